The van der Waals surface area contributed by atoms with Crippen LogP contribution in [0.4, 0.5) is 5.69 Å². The van der Waals surface area contributed by atoms with E-state index < -0.39 is 0 Å². The van der Waals surface area contributed by atoms with Gasteiger partial charge in [0, 0.05) is 35.6 Å². The maximum atomic E-state index is 12.5. The van der Waals surface area contributed by atoms with Crippen molar-refractivity contribution in [2.24, 2.45) is 0 Å². The van der Waals surface area contributed by atoms with Gasteiger partial charge in [-0.1, -0.05) is 30.3 Å². The Balaban J connectivity index is 1.74. The fraction of sp³-hybridized carbons (Fsp3) is 0.250. The third kappa shape index (κ3) is 4.93. The van der Waals surface area contributed by atoms with Crippen molar-refractivity contribution >= 4 is 17.4 Å². The zero-order valence-electron chi connectivity index (χ0n) is 17.1. The number of benzene rings is 2. The minimum absolute atomic E-state index is 0.0253. The summed E-state index contributed by atoms with van der Waals surface area (Å²) >= 11 is 0. The second-order valence-corrected chi connectivity index (χ2v) is 6.86. The van der Waals surface area contributed by atoms with Crippen LogP contribution in [0.5, 0.6) is 5.75 Å². The number of rotatable bonds is 8. The van der Waals surface area contributed by atoms with E-state index in [0.717, 1.165) is 28.4 Å². The molecular formula is C24H26N2O3. The maximum Gasteiger partial charge on any atom is 0.226 e. The molecule has 150 valence electrons. The molecule has 0 fully saturated rings. The van der Waals surface area contributed by atoms with Crippen molar-refractivity contribution in [1.82, 2.24) is 4.57 Å². The summed E-state index contributed by atoms with van der Waals surface area (Å²) in [5.41, 5.74) is 4.27. The first-order chi connectivity index (χ1) is 14.0. The van der Waals surface area contributed by atoms with E-state index in [1.54, 1.807) is 6.92 Å². The largest absolute Gasteiger partial charge is 0.494 e. The Kier molecular flexibility index (Phi) is 6.50. The Bertz CT molecular complexity index is 989. The van der Waals surface area contributed by atoms with Crippen LogP contribution in [0.15, 0.2) is 60.7 Å². The number of ether oxygens (including phenoxy) is 1. The third-order valence-corrected chi connectivity index (χ3v) is 4.83. The Labute approximate surface area is 171 Å². The zero-order chi connectivity index (χ0) is 20.8. The standard InChI is InChI=1S/C24H26N2O3/c1-4-29-21-12-10-20(11-13-21)25-24(28)14-15-26-17(2)22(18(3)27)16-23(26)19-8-6-5-7-9-19/h5-13,16H,4,14-15H2,1-3H3,(H,25,28). The number of nitrogens with zero attached hydrogens (tertiary/aromatic N) is 1. The van der Waals surface area contributed by atoms with Crippen molar-refractivity contribution < 1.29 is 14.3 Å². The van der Waals surface area contributed by atoms with Crippen LogP contribution >= 0.6 is 0 Å². The lowest BCUT2D eigenvalue weighted by Crippen LogP contribution is -2.15. The quantitative estimate of drug-likeness (QED) is 0.545. The minimum atomic E-state index is -0.0781. The number of amides is 1. The van der Waals surface area contributed by atoms with E-state index >= 15 is 0 Å². The highest BCUT2D eigenvalue weighted by Gasteiger charge is 2.16. The van der Waals surface area contributed by atoms with Gasteiger partial charge in [-0.15, -0.1) is 0 Å². The van der Waals surface area contributed by atoms with Crippen LogP contribution in [0, 0.1) is 6.92 Å². The molecule has 0 aliphatic carbocycles. The normalized spacial score (nSPS) is 10.6. The molecule has 0 bridgehead atoms. The summed E-state index contributed by atoms with van der Waals surface area (Å²) in [4.78, 5) is 24.5. The average molecular weight is 390 g/mol. The van der Waals surface area contributed by atoms with Gasteiger partial charge in [-0.05, 0) is 56.7 Å². The van der Waals surface area contributed by atoms with Crippen molar-refractivity contribution in [1.29, 1.82) is 0 Å². The van der Waals surface area contributed by atoms with Gasteiger partial charge in [0.1, 0.15) is 5.75 Å². The van der Waals surface area contributed by atoms with Crippen LogP contribution < -0.4 is 10.1 Å². The van der Waals surface area contributed by atoms with Gasteiger partial charge >= 0.3 is 0 Å². The highest BCUT2D eigenvalue weighted by Crippen LogP contribution is 2.26. The fourth-order valence-corrected chi connectivity index (χ4v) is 3.38. The van der Waals surface area contributed by atoms with Gasteiger partial charge in [0.15, 0.2) is 5.78 Å². The van der Waals surface area contributed by atoms with Crippen LogP contribution in [0.3, 0.4) is 0 Å². The van der Waals surface area contributed by atoms with Gasteiger partial charge in [0.2, 0.25) is 5.91 Å². The number of hydrogen-bond donors (Lipinski definition) is 1. The molecular weight excluding hydrogens is 364 g/mol. The van der Waals surface area contributed by atoms with E-state index in [2.05, 4.69) is 5.32 Å². The van der Waals surface area contributed by atoms with Gasteiger partial charge < -0.3 is 14.6 Å². The smallest absolute Gasteiger partial charge is 0.226 e. The average Bonchev–Trinajstić information content (AvgIpc) is 3.05. The number of aromatic nitrogens is 1. The lowest BCUT2D eigenvalue weighted by Gasteiger charge is -2.13. The highest BCUT2D eigenvalue weighted by molar-refractivity contribution is 5.97. The van der Waals surface area contributed by atoms with E-state index in [1.807, 2.05) is 79.1 Å². The first-order valence-electron chi connectivity index (χ1n) is 9.78. The monoisotopic (exact) mass is 390 g/mol. The van der Waals surface area contributed by atoms with Crippen LogP contribution in [0.1, 0.15) is 36.3 Å². The summed E-state index contributed by atoms with van der Waals surface area (Å²) < 4.78 is 7.46. The molecule has 0 saturated carbocycles. The summed E-state index contributed by atoms with van der Waals surface area (Å²) in [6, 6.07) is 19.1. The fourth-order valence-electron chi connectivity index (χ4n) is 3.38. The Hall–Kier alpha value is -3.34. The summed E-state index contributed by atoms with van der Waals surface area (Å²) in [6.07, 6.45) is 0.305. The highest BCUT2D eigenvalue weighted by atomic mass is 16.5. The SMILES string of the molecule is CCOc1ccc(NC(=O)CCn2c(-c3ccccc3)cc(C(C)=O)c2C)cc1. The molecule has 0 aliphatic rings. The predicted octanol–water partition coefficient (Wildman–Crippen LogP) is 5.09. The summed E-state index contributed by atoms with van der Waals surface area (Å²) in [7, 11) is 0. The molecule has 1 N–H and O–H groups in total. The van der Waals surface area contributed by atoms with Gasteiger partial charge in [0.05, 0.1) is 6.61 Å². The summed E-state index contributed by atoms with van der Waals surface area (Å²) in [5.74, 6) is 0.723. The summed E-state index contributed by atoms with van der Waals surface area (Å²) in [5, 5.41) is 2.91. The number of hydrogen-bond acceptors (Lipinski definition) is 3. The van der Waals surface area contributed by atoms with Crippen molar-refractivity contribution in [3.8, 4) is 17.0 Å². The van der Waals surface area contributed by atoms with E-state index in [-0.39, 0.29) is 11.7 Å². The maximum absolute atomic E-state index is 12.5. The van der Waals surface area contributed by atoms with Crippen LogP contribution in [0.2, 0.25) is 0 Å². The van der Waals surface area contributed by atoms with Crippen molar-refractivity contribution in [3.63, 3.8) is 0 Å². The molecule has 0 unspecified atom stereocenters. The minimum Gasteiger partial charge on any atom is -0.494 e. The molecule has 0 spiro atoms. The lowest BCUT2D eigenvalue weighted by atomic mass is 10.1. The van der Waals surface area contributed by atoms with Gasteiger partial charge in [-0.3, -0.25) is 9.59 Å². The Morgan fingerprint density at radius 1 is 1.03 bits per heavy atom. The second-order valence-electron chi connectivity index (χ2n) is 6.86. The summed E-state index contributed by atoms with van der Waals surface area (Å²) in [6.45, 7) is 6.52. The molecule has 1 aromatic heterocycles. The molecule has 1 amide bonds. The molecule has 0 atom stereocenters. The van der Waals surface area contributed by atoms with Crippen molar-refractivity contribution in [3.05, 3.63) is 71.9 Å². The molecule has 0 radical (unpaired) electrons. The Morgan fingerprint density at radius 3 is 2.34 bits per heavy atom. The Morgan fingerprint density at radius 2 is 1.72 bits per heavy atom. The second kappa shape index (κ2) is 9.24. The first kappa shape index (κ1) is 20.4. The number of ketones is 1. The van der Waals surface area contributed by atoms with E-state index in [0.29, 0.717) is 25.1 Å². The molecule has 5 nitrogen and oxygen atoms in total. The molecule has 1 heterocycles. The zero-order valence-corrected chi connectivity index (χ0v) is 17.1. The number of nitrogens with one attached hydrogen (secondary N) is 1. The van der Waals surface area contributed by atoms with E-state index in [1.165, 1.54) is 0 Å². The van der Waals surface area contributed by atoms with Crippen LogP contribution in [-0.2, 0) is 11.3 Å². The van der Waals surface area contributed by atoms with Crippen molar-refractivity contribution in [2.75, 3.05) is 11.9 Å². The molecule has 5 heteroatoms. The first-order valence-corrected chi connectivity index (χ1v) is 9.78. The van der Waals surface area contributed by atoms with E-state index in [9.17, 15) is 9.59 Å². The van der Waals surface area contributed by atoms with Gasteiger partial charge in [0.25, 0.3) is 0 Å². The number of anilines is 1. The molecule has 0 saturated heterocycles. The lowest BCUT2D eigenvalue weighted by molar-refractivity contribution is -0.116. The van der Waals surface area contributed by atoms with Crippen molar-refractivity contribution in [2.45, 2.75) is 33.7 Å². The van der Waals surface area contributed by atoms with Gasteiger partial charge in [-0.25, -0.2) is 0 Å². The number of carbonyl (C=O) groups excluding carboxylic acids is 2. The van der Waals surface area contributed by atoms with Gasteiger partial charge in [-0.2, -0.15) is 0 Å². The number of Topliss-reactive ketones (excluding diaryl/α,β-unsaturated/α-hetero) is 1. The molecule has 2 aromatic carbocycles. The molecule has 0 aliphatic heterocycles. The third-order valence-electron chi connectivity index (χ3n) is 4.83. The topological polar surface area (TPSA) is 60.3 Å². The predicted molar refractivity (Wildman–Crippen MR) is 115 cm³/mol. The molecule has 3 aromatic rings. The van der Waals surface area contributed by atoms with Crippen LogP contribution in [-0.4, -0.2) is 22.9 Å². The molecule has 3 rings (SSSR count). The van der Waals surface area contributed by atoms with Crippen LogP contribution in [0.25, 0.3) is 11.3 Å². The van der Waals surface area contributed by atoms with E-state index in [4.69, 9.17) is 4.74 Å². The molecule has 29 heavy (non-hydrogen) atoms. The number of carbonyl (C=O) groups is 2.